The Morgan fingerprint density at radius 3 is 2.85 bits per heavy atom. The van der Waals surface area contributed by atoms with Crippen LogP contribution in [0, 0.1) is 13.8 Å². The van der Waals surface area contributed by atoms with E-state index in [1.54, 1.807) is 36.5 Å². The maximum atomic E-state index is 13.5. The number of aromatic nitrogens is 5. The van der Waals surface area contributed by atoms with Crippen molar-refractivity contribution in [2.24, 2.45) is 0 Å². The van der Waals surface area contributed by atoms with Crippen molar-refractivity contribution in [3.63, 3.8) is 0 Å². The van der Waals surface area contributed by atoms with Crippen molar-refractivity contribution >= 4 is 23.4 Å². The molecule has 1 fully saturated rings. The first-order chi connectivity index (χ1) is 16.5. The summed E-state index contributed by atoms with van der Waals surface area (Å²) in [6, 6.07) is 9.42. The Bertz CT molecular complexity index is 1400. The van der Waals surface area contributed by atoms with Crippen LogP contribution < -0.4 is 15.1 Å². The van der Waals surface area contributed by atoms with Crippen LogP contribution in [0.5, 0.6) is 0 Å². The fraction of sp³-hybridized carbons (Fsp3) is 0.250. The maximum absolute atomic E-state index is 13.5. The van der Waals surface area contributed by atoms with Crippen LogP contribution in [0.15, 0.2) is 53.3 Å². The zero-order valence-electron chi connectivity index (χ0n) is 18.8. The van der Waals surface area contributed by atoms with Crippen molar-refractivity contribution in [1.82, 2.24) is 25.1 Å². The van der Waals surface area contributed by atoms with Crippen LogP contribution in [-0.2, 0) is 0 Å². The van der Waals surface area contributed by atoms with E-state index in [-0.39, 0.29) is 12.1 Å². The second kappa shape index (κ2) is 7.91. The minimum absolute atomic E-state index is 0.0301. The largest absolute Gasteiger partial charge is 0.441 e. The summed E-state index contributed by atoms with van der Waals surface area (Å²) in [5.74, 6) is 2.10. The van der Waals surface area contributed by atoms with Crippen molar-refractivity contribution in [1.29, 1.82) is 0 Å². The molecule has 1 atom stereocenters. The van der Waals surface area contributed by atoms with Crippen LogP contribution >= 0.6 is 0 Å². The first-order valence-electron chi connectivity index (χ1n) is 11.1. The Labute approximate surface area is 195 Å². The second-order valence-corrected chi connectivity index (χ2v) is 8.49. The van der Waals surface area contributed by atoms with E-state index in [9.17, 15) is 4.79 Å². The van der Waals surface area contributed by atoms with E-state index in [0.29, 0.717) is 28.9 Å². The van der Waals surface area contributed by atoms with Gasteiger partial charge >= 0.3 is 6.03 Å². The summed E-state index contributed by atoms with van der Waals surface area (Å²) in [7, 11) is 0. The molecule has 2 bridgehead atoms. The van der Waals surface area contributed by atoms with Gasteiger partial charge in [-0.3, -0.25) is 15.2 Å². The molecular formula is C24H22N8O2. The number of carbonyl (C=O) groups excluding carboxylic acids is 1. The third-order valence-corrected chi connectivity index (χ3v) is 6.16. The van der Waals surface area contributed by atoms with Crippen molar-refractivity contribution in [3.8, 4) is 22.6 Å². The molecule has 0 unspecified atom stereocenters. The number of aryl methyl sites for hydroxylation is 2. The van der Waals surface area contributed by atoms with E-state index in [4.69, 9.17) is 9.40 Å². The van der Waals surface area contributed by atoms with E-state index in [2.05, 4.69) is 30.4 Å². The molecule has 0 aromatic carbocycles. The molecule has 10 nitrogen and oxygen atoms in total. The Morgan fingerprint density at radius 2 is 2.03 bits per heavy atom. The lowest BCUT2D eigenvalue weighted by molar-refractivity contribution is 0.254. The molecule has 10 heteroatoms. The van der Waals surface area contributed by atoms with Crippen LogP contribution in [0.25, 0.3) is 22.6 Å². The van der Waals surface area contributed by atoms with Gasteiger partial charge in [-0.15, -0.1) is 5.10 Å². The number of rotatable bonds is 3. The maximum Gasteiger partial charge on any atom is 0.329 e. The summed E-state index contributed by atoms with van der Waals surface area (Å²) < 4.78 is 5.57. The van der Waals surface area contributed by atoms with Crippen LogP contribution in [-0.4, -0.2) is 50.3 Å². The van der Waals surface area contributed by atoms with Crippen LogP contribution in [0.4, 0.5) is 22.1 Å². The number of fused-ring (bicyclic) bond motifs is 4. The van der Waals surface area contributed by atoms with Crippen molar-refractivity contribution in [3.05, 3.63) is 60.5 Å². The highest BCUT2D eigenvalue weighted by Crippen LogP contribution is 2.40. The molecule has 2 amide bonds. The number of anilines is 3. The SMILES string of the molecule is Cc1cc(-c2ccc3c(n2)N(C(=O)Nc2cc(-c4cnc(C)o4)cnn2)[C@H]2CCN3C2)ccn1. The molecule has 170 valence electrons. The number of hydrogen-bond donors (Lipinski definition) is 1. The third kappa shape index (κ3) is 3.53. The van der Waals surface area contributed by atoms with E-state index >= 15 is 0 Å². The summed E-state index contributed by atoms with van der Waals surface area (Å²) in [6.45, 7) is 5.38. The molecule has 0 radical (unpaired) electrons. The van der Waals surface area contributed by atoms with Crippen LogP contribution in [0.3, 0.4) is 0 Å². The van der Waals surface area contributed by atoms with Crippen LogP contribution in [0.2, 0.25) is 0 Å². The van der Waals surface area contributed by atoms with Crippen LogP contribution in [0.1, 0.15) is 18.0 Å². The topological polar surface area (TPSA) is 113 Å². The van der Waals surface area contributed by atoms with Gasteiger partial charge < -0.3 is 9.32 Å². The molecule has 1 N–H and O–H groups in total. The van der Waals surface area contributed by atoms with Gasteiger partial charge in [0.15, 0.2) is 23.3 Å². The van der Waals surface area contributed by atoms with E-state index in [0.717, 1.165) is 42.1 Å². The summed E-state index contributed by atoms with van der Waals surface area (Å²) >= 11 is 0. The van der Waals surface area contributed by atoms with Crippen molar-refractivity contribution in [2.45, 2.75) is 26.3 Å². The number of oxazole rings is 1. The van der Waals surface area contributed by atoms with Gasteiger partial charge in [0, 0.05) is 43.0 Å². The number of nitrogens with zero attached hydrogens (tertiary/aromatic N) is 7. The number of urea groups is 1. The summed E-state index contributed by atoms with van der Waals surface area (Å²) in [6.07, 6.45) is 5.84. The molecule has 34 heavy (non-hydrogen) atoms. The lowest BCUT2D eigenvalue weighted by Gasteiger charge is -2.35. The summed E-state index contributed by atoms with van der Waals surface area (Å²) in [5.41, 5.74) is 4.31. The predicted molar refractivity (Wildman–Crippen MR) is 127 cm³/mol. The number of carbonyl (C=O) groups is 1. The average molecular weight is 454 g/mol. The Balaban J connectivity index is 1.33. The Kier molecular flexibility index (Phi) is 4.72. The van der Waals surface area contributed by atoms with Gasteiger partial charge in [-0.05, 0) is 43.7 Å². The number of hydrogen-bond acceptors (Lipinski definition) is 8. The molecule has 6 rings (SSSR count). The highest BCUT2D eigenvalue weighted by atomic mass is 16.4. The number of amides is 2. The number of nitrogens with one attached hydrogen (secondary N) is 1. The Hall–Kier alpha value is -4.34. The molecule has 0 spiro atoms. The van der Waals surface area contributed by atoms with Gasteiger partial charge in [0.2, 0.25) is 0 Å². The molecule has 0 saturated carbocycles. The minimum Gasteiger partial charge on any atom is -0.441 e. The molecule has 4 aromatic rings. The van der Waals surface area contributed by atoms with E-state index < -0.39 is 0 Å². The molecule has 2 aliphatic heterocycles. The minimum atomic E-state index is -0.288. The lowest BCUT2D eigenvalue weighted by Crippen LogP contribution is -2.48. The zero-order valence-corrected chi connectivity index (χ0v) is 18.8. The highest BCUT2D eigenvalue weighted by molar-refractivity contribution is 6.04. The highest BCUT2D eigenvalue weighted by Gasteiger charge is 2.40. The van der Waals surface area contributed by atoms with Gasteiger partial charge in [0.05, 0.1) is 29.8 Å². The van der Waals surface area contributed by atoms with E-state index in [1.165, 1.54) is 0 Å². The molecule has 4 aromatic heterocycles. The summed E-state index contributed by atoms with van der Waals surface area (Å²) in [4.78, 5) is 30.9. The number of pyridine rings is 2. The fourth-order valence-corrected chi connectivity index (χ4v) is 4.56. The molecule has 0 aliphatic carbocycles. The van der Waals surface area contributed by atoms with Gasteiger partial charge in [-0.1, -0.05) is 0 Å². The molecule has 6 heterocycles. The zero-order chi connectivity index (χ0) is 23.2. The summed E-state index contributed by atoms with van der Waals surface area (Å²) in [5, 5.41) is 11.0. The monoisotopic (exact) mass is 454 g/mol. The molecule has 2 aliphatic rings. The predicted octanol–water partition coefficient (Wildman–Crippen LogP) is 3.84. The van der Waals surface area contributed by atoms with Gasteiger partial charge in [-0.25, -0.2) is 14.8 Å². The van der Waals surface area contributed by atoms with Gasteiger partial charge in [-0.2, -0.15) is 5.10 Å². The van der Waals surface area contributed by atoms with Gasteiger partial charge in [0.1, 0.15) is 0 Å². The van der Waals surface area contributed by atoms with Gasteiger partial charge in [0.25, 0.3) is 0 Å². The normalized spacial score (nSPS) is 16.5. The average Bonchev–Trinajstić information content (AvgIpc) is 3.46. The fourth-order valence-electron chi connectivity index (χ4n) is 4.56. The molecular weight excluding hydrogens is 432 g/mol. The molecule has 1 saturated heterocycles. The third-order valence-electron chi connectivity index (χ3n) is 6.16. The smallest absolute Gasteiger partial charge is 0.329 e. The first kappa shape index (κ1) is 20.3. The lowest BCUT2D eigenvalue weighted by atomic mass is 10.1. The van der Waals surface area contributed by atoms with Crippen molar-refractivity contribution in [2.75, 3.05) is 28.2 Å². The standard InChI is InChI=1S/C24H22N8O2/c1-14-9-16(5-7-25-14)19-3-4-20-23(28-19)32(18-6-8-31(20)13-18)24(33)29-22-10-17(11-27-30-22)21-12-26-15(2)34-21/h3-5,7,9-12,18H,6,8,13H2,1-2H3,(H,29,30,33)/t18-/m0/s1. The first-order valence-corrected chi connectivity index (χ1v) is 11.1. The second-order valence-electron chi connectivity index (χ2n) is 8.49. The Morgan fingerprint density at radius 1 is 1.12 bits per heavy atom. The van der Waals surface area contributed by atoms with Crippen molar-refractivity contribution < 1.29 is 9.21 Å². The quantitative estimate of drug-likeness (QED) is 0.497. The van der Waals surface area contributed by atoms with E-state index in [1.807, 2.05) is 31.2 Å².